The molecular weight excluding hydrogens is 399 g/mol. The number of carbonyl (C=O) groups excluding carboxylic acids is 1. The number of hydrogen-bond acceptors (Lipinski definition) is 5. The van der Waals surface area contributed by atoms with E-state index in [1.165, 1.54) is 29.0 Å². The number of aromatic nitrogens is 1. The highest BCUT2D eigenvalue weighted by atomic mass is 32.1. The van der Waals surface area contributed by atoms with E-state index in [4.69, 9.17) is 0 Å². The van der Waals surface area contributed by atoms with Crippen LogP contribution in [0.15, 0.2) is 53.9 Å². The van der Waals surface area contributed by atoms with Gasteiger partial charge in [0.05, 0.1) is 12.1 Å². The highest BCUT2D eigenvalue weighted by Crippen LogP contribution is 2.25. The van der Waals surface area contributed by atoms with Crippen LogP contribution in [0.5, 0.6) is 0 Å². The highest BCUT2D eigenvalue weighted by Gasteiger charge is 2.14. The fraction of sp³-hybridized carbons (Fsp3) is 0.304. The monoisotopic (exact) mass is 424 g/mol. The molecule has 1 amide bonds. The molecule has 30 heavy (non-hydrogen) atoms. The summed E-state index contributed by atoms with van der Waals surface area (Å²) in [5.41, 5.74) is 3.68. The molecule has 0 spiro atoms. The van der Waals surface area contributed by atoms with Gasteiger partial charge in [0.1, 0.15) is 10.8 Å². The number of thiazole rings is 1. The van der Waals surface area contributed by atoms with Gasteiger partial charge in [-0.3, -0.25) is 9.69 Å². The van der Waals surface area contributed by atoms with Crippen LogP contribution in [0.25, 0.3) is 10.6 Å². The molecule has 3 aromatic rings. The third kappa shape index (κ3) is 5.50. The van der Waals surface area contributed by atoms with Gasteiger partial charge >= 0.3 is 0 Å². The van der Waals surface area contributed by atoms with Crippen molar-refractivity contribution in [2.45, 2.75) is 13.0 Å². The number of anilines is 1. The van der Waals surface area contributed by atoms with Crippen LogP contribution in [0.1, 0.15) is 11.3 Å². The normalized spacial score (nSPS) is 15.3. The third-order valence-electron chi connectivity index (χ3n) is 5.22. The quantitative estimate of drug-likeness (QED) is 0.653. The molecule has 0 aliphatic carbocycles. The summed E-state index contributed by atoms with van der Waals surface area (Å²) in [4.78, 5) is 21.7. The minimum Gasteiger partial charge on any atom is -0.326 e. The minimum atomic E-state index is -0.327. The van der Waals surface area contributed by atoms with Crippen LogP contribution >= 0.6 is 11.3 Å². The summed E-state index contributed by atoms with van der Waals surface area (Å²) in [6, 6.07) is 14.3. The molecule has 0 radical (unpaired) electrons. The zero-order valence-corrected chi connectivity index (χ0v) is 17.8. The van der Waals surface area contributed by atoms with Crippen molar-refractivity contribution in [3.63, 3.8) is 0 Å². The molecule has 1 saturated heterocycles. The fourth-order valence-corrected chi connectivity index (χ4v) is 4.27. The lowest BCUT2D eigenvalue weighted by Crippen LogP contribution is -2.43. The highest BCUT2D eigenvalue weighted by molar-refractivity contribution is 7.13. The third-order valence-corrected chi connectivity index (χ3v) is 6.16. The SMILES string of the molecule is CN1CCN(Cc2ccc(-c3nc(CC(=O)Nc4ccc(F)cc4)cs3)cc2)CC1. The average Bonchev–Trinajstić information content (AvgIpc) is 3.20. The molecule has 5 nitrogen and oxygen atoms in total. The molecule has 4 rings (SSSR count). The van der Waals surface area contributed by atoms with Crippen LogP contribution in [0.2, 0.25) is 0 Å². The van der Waals surface area contributed by atoms with Crippen molar-refractivity contribution in [1.82, 2.24) is 14.8 Å². The van der Waals surface area contributed by atoms with E-state index in [0.29, 0.717) is 5.69 Å². The van der Waals surface area contributed by atoms with Gasteiger partial charge in [0.15, 0.2) is 0 Å². The van der Waals surface area contributed by atoms with Crippen molar-refractivity contribution < 1.29 is 9.18 Å². The summed E-state index contributed by atoms with van der Waals surface area (Å²) in [6.07, 6.45) is 0.190. The number of rotatable bonds is 6. The Labute approximate surface area is 180 Å². The number of likely N-dealkylation sites (N-methyl/N-ethyl adjacent to an activating group) is 1. The molecule has 2 heterocycles. The summed E-state index contributed by atoms with van der Waals surface area (Å²) in [7, 11) is 2.17. The molecule has 2 aromatic carbocycles. The van der Waals surface area contributed by atoms with E-state index < -0.39 is 0 Å². The molecule has 1 aliphatic rings. The first-order valence-electron chi connectivity index (χ1n) is 10.1. The van der Waals surface area contributed by atoms with E-state index in [1.807, 2.05) is 5.38 Å². The van der Waals surface area contributed by atoms with Gasteiger partial charge in [-0.15, -0.1) is 11.3 Å². The predicted octanol–water partition coefficient (Wildman–Crippen LogP) is 3.88. The first-order valence-corrected chi connectivity index (χ1v) is 10.9. The summed E-state index contributed by atoms with van der Waals surface area (Å²) < 4.78 is 13.0. The van der Waals surface area contributed by atoms with Gasteiger partial charge in [-0.25, -0.2) is 9.37 Å². The Kier molecular flexibility index (Phi) is 6.52. The van der Waals surface area contributed by atoms with Gasteiger partial charge in [0.25, 0.3) is 0 Å². The molecule has 1 aliphatic heterocycles. The van der Waals surface area contributed by atoms with E-state index in [2.05, 4.69) is 51.4 Å². The molecule has 0 bridgehead atoms. The lowest BCUT2D eigenvalue weighted by molar-refractivity contribution is -0.115. The second-order valence-electron chi connectivity index (χ2n) is 7.65. The van der Waals surface area contributed by atoms with Crippen molar-refractivity contribution in [2.24, 2.45) is 0 Å². The Morgan fingerprint density at radius 2 is 1.77 bits per heavy atom. The van der Waals surface area contributed by atoms with Crippen LogP contribution < -0.4 is 5.32 Å². The molecule has 0 unspecified atom stereocenters. The van der Waals surface area contributed by atoms with E-state index in [1.54, 1.807) is 12.1 Å². The summed E-state index contributed by atoms with van der Waals surface area (Å²) in [5.74, 6) is -0.493. The Hall–Kier alpha value is -2.61. The largest absolute Gasteiger partial charge is 0.326 e. The number of nitrogens with one attached hydrogen (secondary N) is 1. The molecular formula is C23H25FN4OS. The maximum absolute atomic E-state index is 13.0. The molecule has 1 fully saturated rings. The minimum absolute atomic E-state index is 0.166. The molecule has 0 saturated carbocycles. The average molecular weight is 425 g/mol. The zero-order valence-electron chi connectivity index (χ0n) is 17.0. The standard InChI is InChI=1S/C23H25FN4OS/c1-27-10-12-28(13-11-27)15-17-2-4-18(5-3-17)23-26-21(16-30-23)14-22(29)25-20-8-6-19(24)7-9-20/h2-9,16H,10-15H2,1H3,(H,25,29). The van der Waals surface area contributed by atoms with Gasteiger partial charge in [0.2, 0.25) is 5.91 Å². The van der Waals surface area contributed by atoms with Gasteiger partial charge < -0.3 is 10.2 Å². The lowest BCUT2D eigenvalue weighted by Gasteiger charge is -2.32. The summed E-state index contributed by atoms with van der Waals surface area (Å²) in [5, 5.41) is 5.59. The van der Waals surface area contributed by atoms with E-state index in [0.717, 1.165) is 49.0 Å². The van der Waals surface area contributed by atoms with Gasteiger partial charge in [-0.1, -0.05) is 24.3 Å². The smallest absolute Gasteiger partial charge is 0.230 e. The number of nitrogens with zero attached hydrogens (tertiary/aromatic N) is 3. The fourth-order valence-electron chi connectivity index (χ4n) is 3.44. The van der Waals surface area contributed by atoms with Crippen molar-refractivity contribution >= 4 is 22.9 Å². The Morgan fingerprint density at radius 3 is 2.47 bits per heavy atom. The number of halogens is 1. The number of amides is 1. The first-order chi connectivity index (χ1) is 14.5. The zero-order chi connectivity index (χ0) is 20.9. The Balaban J connectivity index is 1.33. The first kappa shape index (κ1) is 20.7. The van der Waals surface area contributed by atoms with E-state index in [-0.39, 0.29) is 18.1 Å². The van der Waals surface area contributed by atoms with E-state index >= 15 is 0 Å². The second kappa shape index (κ2) is 9.47. The summed E-state index contributed by atoms with van der Waals surface area (Å²) >= 11 is 1.54. The van der Waals surface area contributed by atoms with Crippen molar-refractivity contribution in [3.8, 4) is 10.6 Å². The summed E-state index contributed by atoms with van der Waals surface area (Å²) in [6.45, 7) is 5.42. The number of hydrogen-bond donors (Lipinski definition) is 1. The van der Waals surface area contributed by atoms with E-state index in [9.17, 15) is 9.18 Å². The number of piperazine rings is 1. The van der Waals surface area contributed by atoms with Gasteiger partial charge in [0, 0.05) is 49.4 Å². The Bertz CT molecular complexity index is 979. The van der Waals surface area contributed by atoms with Crippen molar-refractivity contribution in [3.05, 3.63) is 71.0 Å². The van der Waals surface area contributed by atoms with Crippen molar-refractivity contribution in [1.29, 1.82) is 0 Å². The molecule has 1 N–H and O–H groups in total. The molecule has 1 aromatic heterocycles. The van der Waals surface area contributed by atoms with Crippen molar-refractivity contribution in [2.75, 3.05) is 38.5 Å². The van der Waals surface area contributed by atoms with Crippen LogP contribution in [-0.4, -0.2) is 53.9 Å². The van der Waals surface area contributed by atoms with Crippen LogP contribution in [0.4, 0.5) is 10.1 Å². The second-order valence-corrected chi connectivity index (χ2v) is 8.51. The van der Waals surface area contributed by atoms with Gasteiger partial charge in [-0.2, -0.15) is 0 Å². The topological polar surface area (TPSA) is 48.5 Å². The lowest BCUT2D eigenvalue weighted by atomic mass is 10.1. The maximum atomic E-state index is 13.0. The van der Waals surface area contributed by atoms with Gasteiger partial charge in [-0.05, 0) is 36.9 Å². The molecule has 156 valence electrons. The predicted molar refractivity (Wildman–Crippen MR) is 119 cm³/mol. The number of carbonyl (C=O) groups is 1. The van der Waals surface area contributed by atoms with Crippen LogP contribution in [0.3, 0.4) is 0 Å². The Morgan fingerprint density at radius 1 is 1.07 bits per heavy atom. The number of benzene rings is 2. The molecule has 0 atom stereocenters. The van der Waals surface area contributed by atoms with Crippen LogP contribution in [0, 0.1) is 5.82 Å². The van der Waals surface area contributed by atoms with Crippen LogP contribution in [-0.2, 0) is 17.8 Å². The molecule has 7 heteroatoms. The maximum Gasteiger partial charge on any atom is 0.230 e.